The van der Waals surface area contributed by atoms with Gasteiger partial charge in [-0.05, 0) is 29.7 Å². The van der Waals surface area contributed by atoms with Gasteiger partial charge < -0.3 is 5.32 Å². The van der Waals surface area contributed by atoms with E-state index in [9.17, 15) is 26.3 Å². The molecule has 0 saturated heterocycles. The second-order valence-electron chi connectivity index (χ2n) is 5.45. The smallest absolute Gasteiger partial charge is 0.355 e. The third kappa shape index (κ3) is 3.70. The molecule has 0 aliphatic heterocycles. The van der Waals surface area contributed by atoms with Crippen molar-refractivity contribution in [3.8, 4) is 0 Å². The fourth-order valence-electron chi connectivity index (χ4n) is 2.52. The van der Waals surface area contributed by atoms with Crippen LogP contribution in [0.5, 0.6) is 0 Å². The van der Waals surface area contributed by atoms with Gasteiger partial charge in [0.1, 0.15) is 0 Å². The van der Waals surface area contributed by atoms with Crippen molar-refractivity contribution in [2.45, 2.75) is 12.4 Å². The summed E-state index contributed by atoms with van der Waals surface area (Å²) in [4.78, 5) is 0. The van der Waals surface area contributed by atoms with Crippen molar-refractivity contribution in [1.29, 1.82) is 0 Å². The maximum atomic E-state index is 12.9. The number of hydrogen-bond acceptors (Lipinski definition) is 1. The van der Waals surface area contributed by atoms with Crippen molar-refractivity contribution < 1.29 is 26.3 Å². The summed E-state index contributed by atoms with van der Waals surface area (Å²) >= 11 is 0. The van der Waals surface area contributed by atoms with Gasteiger partial charge in [0.25, 0.3) is 0 Å². The lowest BCUT2D eigenvalue weighted by molar-refractivity contribution is -0.143. The molecule has 0 fully saturated rings. The number of fused-ring (bicyclic) bond motifs is 1. The number of benzene rings is 3. The molecule has 1 N–H and O–H groups in total. The first-order valence-corrected chi connectivity index (χ1v) is 7.19. The molecule has 0 bridgehead atoms. The number of nitrogens with one attached hydrogen (secondary N) is 1. The molecule has 1 nitrogen and oxygen atoms in total. The fraction of sp³-hybridized carbons (Fsp3) is 0.111. The van der Waals surface area contributed by atoms with E-state index in [0.717, 1.165) is 5.39 Å². The van der Waals surface area contributed by atoms with E-state index in [1.54, 1.807) is 42.5 Å². The zero-order valence-corrected chi connectivity index (χ0v) is 12.5. The topological polar surface area (TPSA) is 12.0 Å². The van der Waals surface area contributed by atoms with Gasteiger partial charge in [0.2, 0.25) is 0 Å². The second kappa shape index (κ2) is 5.98. The molecule has 3 aromatic rings. The summed E-state index contributed by atoms with van der Waals surface area (Å²) in [5.41, 5.74) is -2.57. The van der Waals surface area contributed by atoms with Crippen molar-refractivity contribution in [2.75, 3.05) is 5.32 Å². The number of rotatable bonds is 2. The highest BCUT2D eigenvalue weighted by molar-refractivity contribution is 5.95. The van der Waals surface area contributed by atoms with Crippen LogP contribution in [-0.2, 0) is 12.4 Å². The van der Waals surface area contributed by atoms with Gasteiger partial charge in [-0.25, -0.2) is 0 Å². The molecule has 130 valence electrons. The van der Waals surface area contributed by atoms with Crippen LogP contribution in [0.1, 0.15) is 11.1 Å². The number of halogens is 6. The largest absolute Gasteiger partial charge is 0.416 e. The van der Waals surface area contributed by atoms with Gasteiger partial charge in [0.15, 0.2) is 0 Å². The molecule has 0 atom stereocenters. The van der Waals surface area contributed by atoms with E-state index in [2.05, 4.69) is 5.32 Å². The molecule has 25 heavy (non-hydrogen) atoms. The first-order chi connectivity index (χ1) is 11.6. The summed E-state index contributed by atoms with van der Waals surface area (Å²) in [6.45, 7) is 0. The van der Waals surface area contributed by atoms with E-state index in [4.69, 9.17) is 0 Å². The van der Waals surface area contributed by atoms with Crippen LogP contribution in [0, 0.1) is 0 Å². The first kappa shape index (κ1) is 17.1. The number of anilines is 2. The molecule has 0 spiro atoms. The monoisotopic (exact) mass is 355 g/mol. The van der Waals surface area contributed by atoms with E-state index < -0.39 is 23.5 Å². The van der Waals surface area contributed by atoms with Crippen molar-refractivity contribution >= 4 is 22.1 Å². The molecular weight excluding hydrogens is 344 g/mol. The van der Waals surface area contributed by atoms with Crippen molar-refractivity contribution in [3.05, 3.63) is 71.8 Å². The standard InChI is InChI=1S/C18H11F6N/c19-17(20,21)12-8-13(18(22,23)24)10-14(9-12)25-16-7-3-5-11-4-1-2-6-15(11)16/h1-10,25H. The molecule has 0 amide bonds. The van der Waals surface area contributed by atoms with Crippen LogP contribution >= 0.6 is 0 Å². The lowest BCUT2D eigenvalue weighted by Crippen LogP contribution is -2.11. The summed E-state index contributed by atoms with van der Waals surface area (Å²) in [5, 5.41) is 4.18. The van der Waals surface area contributed by atoms with E-state index >= 15 is 0 Å². The Morgan fingerprint density at radius 3 is 1.80 bits per heavy atom. The highest BCUT2D eigenvalue weighted by atomic mass is 19.4. The SMILES string of the molecule is FC(F)(F)c1cc(Nc2cccc3ccccc23)cc(C(F)(F)F)c1. The Hall–Kier alpha value is -2.70. The lowest BCUT2D eigenvalue weighted by atomic mass is 10.1. The van der Waals surface area contributed by atoms with Gasteiger partial charge in [0.05, 0.1) is 11.1 Å². The van der Waals surface area contributed by atoms with Gasteiger partial charge in [-0.3, -0.25) is 0 Å². The zero-order chi connectivity index (χ0) is 18.2. The molecule has 0 unspecified atom stereocenters. The predicted octanol–water partition coefficient (Wildman–Crippen LogP) is 6.62. The van der Waals surface area contributed by atoms with E-state index in [1.807, 2.05) is 0 Å². The molecule has 0 aliphatic carbocycles. The van der Waals surface area contributed by atoms with Gasteiger partial charge in [-0.1, -0.05) is 36.4 Å². The fourth-order valence-corrected chi connectivity index (χ4v) is 2.52. The summed E-state index contributed by atoms with van der Waals surface area (Å²) in [6.07, 6.45) is -9.76. The molecule has 0 heterocycles. The Balaban J connectivity index is 2.10. The van der Waals surface area contributed by atoms with Gasteiger partial charge in [-0.15, -0.1) is 0 Å². The summed E-state index contributed by atoms with van der Waals surface area (Å²) in [6, 6.07) is 13.6. The average molecular weight is 355 g/mol. The molecule has 3 aromatic carbocycles. The van der Waals surface area contributed by atoms with Crippen molar-refractivity contribution in [3.63, 3.8) is 0 Å². The van der Waals surface area contributed by atoms with Crippen LogP contribution in [-0.4, -0.2) is 0 Å². The predicted molar refractivity (Wildman–Crippen MR) is 83.7 cm³/mol. The van der Waals surface area contributed by atoms with Crippen LogP contribution in [0.25, 0.3) is 10.8 Å². The summed E-state index contributed by atoms with van der Waals surface area (Å²) < 4.78 is 77.6. The highest BCUT2D eigenvalue weighted by Crippen LogP contribution is 2.38. The molecule has 0 radical (unpaired) electrons. The molecule has 7 heteroatoms. The number of hydrogen-bond donors (Lipinski definition) is 1. The molecular formula is C18H11F6N. The van der Waals surface area contributed by atoms with Gasteiger partial charge >= 0.3 is 12.4 Å². The Morgan fingerprint density at radius 2 is 1.20 bits per heavy atom. The Morgan fingerprint density at radius 1 is 0.640 bits per heavy atom. The lowest BCUT2D eigenvalue weighted by Gasteiger charge is -2.16. The third-order valence-corrected chi connectivity index (χ3v) is 3.66. The minimum atomic E-state index is -4.88. The van der Waals surface area contributed by atoms with Crippen LogP contribution in [0.2, 0.25) is 0 Å². The van der Waals surface area contributed by atoms with Crippen LogP contribution in [0.15, 0.2) is 60.7 Å². The van der Waals surface area contributed by atoms with Gasteiger partial charge in [0, 0.05) is 16.8 Å². The van der Waals surface area contributed by atoms with Crippen LogP contribution in [0.3, 0.4) is 0 Å². The molecule has 0 aromatic heterocycles. The third-order valence-electron chi connectivity index (χ3n) is 3.66. The molecule has 0 aliphatic rings. The highest BCUT2D eigenvalue weighted by Gasteiger charge is 2.36. The Labute approximate surface area is 138 Å². The van der Waals surface area contributed by atoms with Gasteiger partial charge in [-0.2, -0.15) is 26.3 Å². The minimum absolute atomic E-state index is 0.105. The molecule has 0 saturated carbocycles. The van der Waals surface area contributed by atoms with E-state index in [-0.39, 0.29) is 11.8 Å². The Bertz CT molecular complexity index is 874. The molecule has 3 rings (SSSR count). The van der Waals surface area contributed by atoms with Crippen LogP contribution in [0.4, 0.5) is 37.7 Å². The zero-order valence-electron chi connectivity index (χ0n) is 12.5. The van der Waals surface area contributed by atoms with Crippen LogP contribution < -0.4 is 5.32 Å². The maximum Gasteiger partial charge on any atom is 0.416 e. The average Bonchev–Trinajstić information content (AvgIpc) is 2.53. The quantitative estimate of drug-likeness (QED) is 0.509. The minimum Gasteiger partial charge on any atom is -0.355 e. The van der Waals surface area contributed by atoms with E-state index in [1.165, 1.54) is 0 Å². The van der Waals surface area contributed by atoms with Crippen molar-refractivity contribution in [1.82, 2.24) is 0 Å². The maximum absolute atomic E-state index is 12.9. The first-order valence-electron chi connectivity index (χ1n) is 7.19. The van der Waals surface area contributed by atoms with Crippen molar-refractivity contribution in [2.24, 2.45) is 0 Å². The second-order valence-corrected chi connectivity index (χ2v) is 5.45. The Kier molecular flexibility index (Phi) is 4.10. The normalized spacial score (nSPS) is 12.4. The van der Waals surface area contributed by atoms with E-state index in [0.29, 0.717) is 23.2 Å². The number of alkyl halides is 6. The summed E-state index contributed by atoms with van der Waals surface area (Å²) in [7, 11) is 0. The summed E-state index contributed by atoms with van der Waals surface area (Å²) in [5.74, 6) is 0.